The number of nitrogens with one attached hydrogen (secondary N) is 1. The van der Waals surface area contributed by atoms with Crippen LogP contribution in [0.4, 0.5) is 5.69 Å². The molecule has 0 unspecified atom stereocenters. The highest BCUT2D eigenvalue weighted by atomic mass is 16.1. The Morgan fingerprint density at radius 3 is 2.73 bits per heavy atom. The molecule has 0 aromatic heterocycles. The molecule has 0 aliphatic heterocycles. The van der Waals surface area contributed by atoms with E-state index in [1.807, 2.05) is 12.1 Å². The van der Waals surface area contributed by atoms with E-state index in [9.17, 15) is 4.79 Å². The summed E-state index contributed by atoms with van der Waals surface area (Å²) in [6.45, 7) is 4.12. The van der Waals surface area contributed by atoms with E-state index in [4.69, 9.17) is 0 Å². The Hall–Kier alpha value is -1.31. The molecule has 0 amide bonds. The second-order valence-corrected chi connectivity index (χ2v) is 2.12. The predicted octanol–water partition coefficient (Wildman–Crippen LogP) is 1.29. The van der Waals surface area contributed by atoms with Crippen LogP contribution in [0.15, 0.2) is 35.1 Å². The summed E-state index contributed by atoms with van der Waals surface area (Å²) in [5.41, 5.74) is 0.601. The lowest BCUT2D eigenvalue weighted by molar-refractivity contribution is 1.33. The second kappa shape index (κ2) is 3.76. The first-order chi connectivity index (χ1) is 5.34. The van der Waals surface area contributed by atoms with Crippen LogP contribution in [0.3, 0.4) is 0 Å². The van der Waals surface area contributed by atoms with Gasteiger partial charge in [-0.15, -0.1) is 0 Å². The van der Waals surface area contributed by atoms with Crippen LogP contribution in [0.2, 0.25) is 0 Å². The molecule has 11 heavy (non-hydrogen) atoms. The molecule has 0 bridgehead atoms. The van der Waals surface area contributed by atoms with Crippen LogP contribution in [-0.2, 0) is 0 Å². The standard InChI is InChI=1S/C9H10NO/c1-2-10-8-6-4-3-5-7-9(8)11/h3-7H,1-2H2,(H,10,11). The number of anilines is 1. The molecule has 0 heterocycles. The van der Waals surface area contributed by atoms with Gasteiger partial charge in [0.05, 0.1) is 5.69 Å². The van der Waals surface area contributed by atoms with Crippen LogP contribution in [0.25, 0.3) is 0 Å². The van der Waals surface area contributed by atoms with Crippen molar-refractivity contribution in [2.45, 2.75) is 0 Å². The van der Waals surface area contributed by atoms with Crippen LogP contribution < -0.4 is 10.7 Å². The van der Waals surface area contributed by atoms with E-state index in [1.165, 1.54) is 6.07 Å². The summed E-state index contributed by atoms with van der Waals surface area (Å²) in [4.78, 5) is 11.1. The van der Waals surface area contributed by atoms with E-state index in [2.05, 4.69) is 12.2 Å². The predicted molar refractivity (Wildman–Crippen MR) is 46.6 cm³/mol. The van der Waals surface area contributed by atoms with Crippen molar-refractivity contribution in [1.29, 1.82) is 0 Å². The third-order valence-electron chi connectivity index (χ3n) is 1.31. The van der Waals surface area contributed by atoms with Gasteiger partial charge in [0, 0.05) is 6.54 Å². The fraction of sp³-hybridized carbons (Fsp3) is 0.111. The van der Waals surface area contributed by atoms with Crippen molar-refractivity contribution >= 4 is 5.69 Å². The highest BCUT2D eigenvalue weighted by Crippen LogP contribution is 1.94. The van der Waals surface area contributed by atoms with E-state index in [0.29, 0.717) is 12.2 Å². The zero-order chi connectivity index (χ0) is 8.10. The molecular formula is C9H10NO. The van der Waals surface area contributed by atoms with Gasteiger partial charge in [0.15, 0.2) is 0 Å². The highest BCUT2D eigenvalue weighted by Gasteiger charge is 1.90. The van der Waals surface area contributed by atoms with Crippen LogP contribution in [0, 0.1) is 6.92 Å². The molecule has 1 radical (unpaired) electrons. The smallest absolute Gasteiger partial charge is 0.201 e. The lowest BCUT2D eigenvalue weighted by Crippen LogP contribution is -2.07. The van der Waals surface area contributed by atoms with Crippen molar-refractivity contribution in [2.75, 3.05) is 11.9 Å². The van der Waals surface area contributed by atoms with E-state index < -0.39 is 0 Å². The van der Waals surface area contributed by atoms with E-state index in [0.717, 1.165) is 0 Å². The lowest BCUT2D eigenvalue weighted by atomic mass is 10.4. The van der Waals surface area contributed by atoms with Crippen molar-refractivity contribution in [3.8, 4) is 0 Å². The zero-order valence-electron chi connectivity index (χ0n) is 6.21. The number of rotatable bonds is 2. The summed E-state index contributed by atoms with van der Waals surface area (Å²) in [5.74, 6) is 0. The third kappa shape index (κ3) is 2.08. The highest BCUT2D eigenvalue weighted by molar-refractivity contribution is 5.41. The quantitative estimate of drug-likeness (QED) is 0.684. The van der Waals surface area contributed by atoms with Crippen molar-refractivity contribution in [1.82, 2.24) is 0 Å². The molecule has 0 fully saturated rings. The fourth-order valence-electron chi connectivity index (χ4n) is 0.812. The van der Waals surface area contributed by atoms with Crippen molar-refractivity contribution in [2.24, 2.45) is 0 Å². The summed E-state index contributed by atoms with van der Waals surface area (Å²) in [6.07, 6.45) is 0. The fourth-order valence-corrected chi connectivity index (χ4v) is 0.812. The van der Waals surface area contributed by atoms with Gasteiger partial charge >= 0.3 is 0 Å². The number of hydrogen-bond donors (Lipinski definition) is 1. The first kappa shape index (κ1) is 7.79. The SMILES string of the molecule is [CH2]CNc1cccccc1=O. The summed E-state index contributed by atoms with van der Waals surface area (Å²) in [6, 6.07) is 8.62. The first-order valence-electron chi connectivity index (χ1n) is 3.47. The summed E-state index contributed by atoms with van der Waals surface area (Å²) in [5, 5.41) is 2.87. The van der Waals surface area contributed by atoms with Gasteiger partial charge in [-0.3, -0.25) is 4.79 Å². The monoisotopic (exact) mass is 148 g/mol. The van der Waals surface area contributed by atoms with Gasteiger partial charge in [-0.1, -0.05) is 18.2 Å². The topological polar surface area (TPSA) is 29.1 Å². The van der Waals surface area contributed by atoms with E-state index >= 15 is 0 Å². The molecule has 1 rings (SSSR count). The molecule has 0 atom stereocenters. The van der Waals surface area contributed by atoms with Crippen molar-refractivity contribution in [3.05, 3.63) is 47.5 Å². The molecule has 0 aliphatic carbocycles. The minimum absolute atomic E-state index is 0.00125. The second-order valence-electron chi connectivity index (χ2n) is 2.12. The van der Waals surface area contributed by atoms with Gasteiger partial charge < -0.3 is 5.32 Å². The van der Waals surface area contributed by atoms with Gasteiger partial charge in [0.1, 0.15) is 0 Å². The molecule has 0 saturated carbocycles. The summed E-state index contributed by atoms with van der Waals surface area (Å²) < 4.78 is 0. The average molecular weight is 148 g/mol. The molecule has 0 spiro atoms. The lowest BCUT2D eigenvalue weighted by Gasteiger charge is -1.95. The van der Waals surface area contributed by atoms with Gasteiger partial charge in [-0.25, -0.2) is 0 Å². The minimum atomic E-state index is -0.00125. The molecule has 1 aromatic rings. The molecule has 57 valence electrons. The van der Waals surface area contributed by atoms with E-state index in [1.54, 1.807) is 12.1 Å². The van der Waals surface area contributed by atoms with Crippen molar-refractivity contribution < 1.29 is 0 Å². The van der Waals surface area contributed by atoms with Crippen LogP contribution in [-0.4, -0.2) is 6.54 Å². The molecule has 0 aliphatic rings. The summed E-state index contributed by atoms with van der Waals surface area (Å²) in [7, 11) is 0. The Labute approximate surface area is 65.9 Å². The molecule has 1 aromatic carbocycles. The van der Waals surface area contributed by atoms with Crippen LogP contribution in [0.5, 0.6) is 0 Å². The first-order valence-corrected chi connectivity index (χ1v) is 3.47. The molecule has 2 nitrogen and oxygen atoms in total. The molecular weight excluding hydrogens is 138 g/mol. The van der Waals surface area contributed by atoms with Crippen LogP contribution >= 0.6 is 0 Å². The number of hydrogen-bond acceptors (Lipinski definition) is 2. The Morgan fingerprint density at radius 2 is 2.00 bits per heavy atom. The Morgan fingerprint density at radius 1 is 1.27 bits per heavy atom. The van der Waals surface area contributed by atoms with Gasteiger partial charge in [0.2, 0.25) is 5.43 Å². The maximum Gasteiger partial charge on any atom is 0.201 e. The minimum Gasteiger partial charge on any atom is -0.382 e. The maximum absolute atomic E-state index is 11.1. The Balaban J connectivity index is 3.07. The maximum atomic E-state index is 11.1. The Bertz CT molecular complexity index is 283. The zero-order valence-corrected chi connectivity index (χ0v) is 6.21. The van der Waals surface area contributed by atoms with Gasteiger partial charge in [0.25, 0.3) is 0 Å². The summed E-state index contributed by atoms with van der Waals surface area (Å²) >= 11 is 0. The van der Waals surface area contributed by atoms with E-state index in [-0.39, 0.29) is 5.43 Å². The molecule has 2 heteroatoms. The molecule has 0 saturated heterocycles. The van der Waals surface area contributed by atoms with Crippen molar-refractivity contribution in [3.63, 3.8) is 0 Å². The van der Waals surface area contributed by atoms with Crippen LogP contribution in [0.1, 0.15) is 0 Å². The Kier molecular flexibility index (Phi) is 2.66. The normalized spacial score (nSPS) is 9.18. The third-order valence-corrected chi connectivity index (χ3v) is 1.31. The largest absolute Gasteiger partial charge is 0.382 e. The average Bonchev–Trinajstić information content (AvgIpc) is 2.18. The van der Waals surface area contributed by atoms with Gasteiger partial charge in [-0.05, 0) is 19.1 Å². The van der Waals surface area contributed by atoms with Gasteiger partial charge in [-0.2, -0.15) is 0 Å². The molecule has 1 N–H and O–H groups in total.